The van der Waals surface area contributed by atoms with Crippen molar-refractivity contribution in [3.63, 3.8) is 0 Å². The average Bonchev–Trinajstić information content (AvgIpc) is 2.39. The van der Waals surface area contributed by atoms with Gasteiger partial charge in [0.2, 0.25) is 11.4 Å². The quantitative estimate of drug-likeness (QED) is 0.845. The minimum atomic E-state index is -0.403. The Hall–Kier alpha value is -2.63. The maximum absolute atomic E-state index is 11.8. The number of hydrogen-bond acceptors (Lipinski definition) is 4. The van der Waals surface area contributed by atoms with Crippen LogP contribution in [0.4, 0.5) is 5.69 Å². The van der Waals surface area contributed by atoms with Gasteiger partial charge in [-0.15, -0.1) is 0 Å². The third-order valence-electron chi connectivity index (χ3n) is 2.22. The Bertz CT molecular complexity index is 604. The van der Waals surface area contributed by atoms with Gasteiger partial charge in [-0.2, -0.15) is 0 Å². The van der Waals surface area contributed by atoms with Crippen LogP contribution in [0.2, 0.25) is 0 Å². The van der Waals surface area contributed by atoms with Crippen LogP contribution in [0, 0.1) is 0 Å². The number of methoxy groups -OCH3 is 1. The van der Waals surface area contributed by atoms with Crippen LogP contribution in [0.5, 0.6) is 5.88 Å². The number of amides is 1. The van der Waals surface area contributed by atoms with Crippen LogP contribution in [0.1, 0.15) is 10.5 Å². The van der Waals surface area contributed by atoms with Crippen LogP contribution in [0.15, 0.2) is 41.3 Å². The molecule has 2 aromatic heterocycles. The number of anilines is 1. The highest BCUT2D eigenvalue weighted by Crippen LogP contribution is 2.11. The van der Waals surface area contributed by atoms with E-state index in [0.717, 1.165) is 0 Å². The summed E-state index contributed by atoms with van der Waals surface area (Å²) in [5, 5.41) is 2.61. The fourth-order valence-corrected chi connectivity index (χ4v) is 1.35. The first-order chi connectivity index (χ1) is 8.69. The van der Waals surface area contributed by atoms with Gasteiger partial charge in [0.15, 0.2) is 0 Å². The molecule has 0 aliphatic rings. The molecule has 0 radical (unpaired) electrons. The minimum absolute atomic E-state index is 0.193. The molecule has 0 spiro atoms. The van der Waals surface area contributed by atoms with Crippen molar-refractivity contribution in [2.45, 2.75) is 0 Å². The highest BCUT2D eigenvalue weighted by molar-refractivity contribution is 6.02. The van der Waals surface area contributed by atoms with Crippen molar-refractivity contribution in [2.24, 2.45) is 0 Å². The zero-order valence-electron chi connectivity index (χ0n) is 9.64. The Kier molecular flexibility index (Phi) is 3.38. The van der Waals surface area contributed by atoms with Gasteiger partial charge in [0, 0.05) is 12.1 Å². The maximum atomic E-state index is 11.8. The highest BCUT2D eigenvalue weighted by atomic mass is 16.5. The predicted molar refractivity (Wildman–Crippen MR) is 65.8 cm³/mol. The molecule has 0 bridgehead atoms. The number of carbonyl (C=O) groups is 1. The van der Waals surface area contributed by atoms with E-state index in [0.29, 0.717) is 11.6 Å². The van der Waals surface area contributed by atoms with Crippen molar-refractivity contribution in [3.05, 3.63) is 52.6 Å². The SMILES string of the molecule is COc1ccc(NC(=O)c2cccc(=O)[nH]2)cn1. The highest BCUT2D eigenvalue weighted by Gasteiger charge is 2.06. The number of nitrogens with one attached hydrogen (secondary N) is 2. The molecular formula is C12H11N3O3. The molecule has 2 heterocycles. The zero-order valence-corrected chi connectivity index (χ0v) is 9.64. The van der Waals surface area contributed by atoms with E-state index in [1.165, 1.54) is 31.5 Å². The molecular weight excluding hydrogens is 234 g/mol. The van der Waals surface area contributed by atoms with Gasteiger partial charge in [-0.05, 0) is 12.1 Å². The molecule has 6 nitrogen and oxygen atoms in total. The molecule has 0 atom stereocenters. The summed E-state index contributed by atoms with van der Waals surface area (Å²) >= 11 is 0. The number of H-pyrrole nitrogens is 1. The van der Waals surface area contributed by atoms with Crippen molar-refractivity contribution in [3.8, 4) is 5.88 Å². The maximum Gasteiger partial charge on any atom is 0.272 e. The second-order valence-corrected chi connectivity index (χ2v) is 3.47. The Balaban J connectivity index is 2.13. The first-order valence-electron chi connectivity index (χ1n) is 5.20. The van der Waals surface area contributed by atoms with Crippen LogP contribution < -0.4 is 15.6 Å². The van der Waals surface area contributed by atoms with Crippen molar-refractivity contribution in [1.82, 2.24) is 9.97 Å². The number of aromatic amines is 1. The molecule has 0 aliphatic heterocycles. The summed E-state index contributed by atoms with van der Waals surface area (Å²) in [5.41, 5.74) is 0.388. The smallest absolute Gasteiger partial charge is 0.272 e. The Morgan fingerprint density at radius 3 is 2.78 bits per heavy atom. The lowest BCUT2D eigenvalue weighted by atomic mass is 10.3. The predicted octanol–water partition coefficient (Wildman–Crippen LogP) is 1.03. The summed E-state index contributed by atoms with van der Waals surface area (Å²) in [6.07, 6.45) is 1.47. The third kappa shape index (κ3) is 2.73. The Labute approximate surface area is 103 Å². The standard InChI is InChI=1S/C12H11N3O3/c1-18-11-6-5-8(7-13-11)14-12(17)9-3-2-4-10(16)15-9/h2-7H,1H3,(H,14,17)(H,15,16). The molecule has 0 aliphatic carbocycles. The van der Waals surface area contributed by atoms with E-state index in [-0.39, 0.29) is 11.3 Å². The summed E-state index contributed by atoms with van der Waals surface area (Å²) in [4.78, 5) is 29.2. The summed E-state index contributed by atoms with van der Waals surface area (Å²) in [5.74, 6) is 0.0563. The van der Waals surface area contributed by atoms with Crippen molar-refractivity contribution in [1.29, 1.82) is 0 Å². The molecule has 2 rings (SSSR count). The largest absolute Gasteiger partial charge is 0.481 e. The molecule has 0 aromatic carbocycles. The van der Waals surface area contributed by atoms with Crippen molar-refractivity contribution < 1.29 is 9.53 Å². The number of ether oxygens (including phenoxy) is 1. The van der Waals surface area contributed by atoms with Crippen molar-refractivity contribution >= 4 is 11.6 Å². The van der Waals surface area contributed by atoms with Crippen LogP contribution in [-0.4, -0.2) is 23.0 Å². The van der Waals surface area contributed by atoms with Crippen LogP contribution >= 0.6 is 0 Å². The van der Waals surface area contributed by atoms with E-state index >= 15 is 0 Å². The molecule has 0 saturated heterocycles. The average molecular weight is 245 g/mol. The first-order valence-corrected chi connectivity index (χ1v) is 5.20. The van der Waals surface area contributed by atoms with E-state index in [1.807, 2.05) is 0 Å². The van der Waals surface area contributed by atoms with Gasteiger partial charge in [-0.3, -0.25) is 9.59 Å². The fourth-order valence-electron chi connectivity index (χ4n) is 1.35. The van der Waals surface area contributed by atoms with Crippen LogP contribution in [0.3, 0.4) is 0 Å². The zero-order chi connectivity index (χ0) is 13.0. The lowest BCUT2D eigenvalue weighted by Crippen LogP contribution is -2.17. The summed E-state index contributed by atoms with van der Waals surface area (Å²) < 4.78 is 4.90. The number of nitrogens with zero attached hydrogens (tertiary/aromatic N) is 1. The minimum Gasteiger partial charge on any atom is -0.481 e. The van der Waals surface area contributed by atoms with E-state index in [2.05, 4.69) is 15.3 Å². The lowest BCUT2D eigenvalue weighted by Gasteiger charge is -2.05. The second-order valence-electron chi connectivity index (χ2n) is 3.47. The fraction of sp³-hybridized carbons (Fsp3) is 0.0833. The van der Waals surface area contributed by atoms with E-state index < -0.39 is 5.91 Å². The molecule has 92 valence electrons. The van der Waals surface area contributed by atoms with Gasteiger partial charge >= 0.3 is 0 Å². The van der Waals surface area contributed by atoms with Gasteiger partial charge in [0.05, 0.1) is 19.0 Å². The number of carbonyl (C=O) groups excluding carboxylic acids is 1. The first kappa shape index (κ1) is 11.8. The van der Waals surface area contributed by atoms with Gasteiger partial charge in [-0.1, -0.05) is 6.07 Å². The van der Waals surface area contributed by atoms with Gasteiger partial charge in [0.1, 0.15) is 5.69 Å². The summed E-state index contributed by atoms with van der Waals surface area (Å²) in [7, 11) is 1.51. The van der Waals surface area contributed by atoms with Gasteiger partial charge in [0.25, 0.3) is 5.91 Å². The molecule has 0 unspecified atom stereocenters. The molecule has 0 saturated carbocycles. The van der Waals surface area contributed by atoms with Crippen LogP contribution in [0.25, 0.3) is 0 Å². The second kappa shape index (κ2) is 5.13. The summed E-state index contributed by atoms with van der Waals surface area (Å²) in [6, 6.07) is 7.66. The number of hydrogen-bond donors (Lipinski definition) is 2. The number of pyridine rings is 2. The topological polar surface area (TPSA) is 84.1 Å². The Morgan fingerprint density at radius 1 is 1.33 bits per heavy atom. The summed E-state index contributed by atoms with van der Waals surface area (Å²) in [6.45, 7) is 0. The molecule has 2 N–H and O–H groups in total. The van der Waals surface area contributed by atoms with E-state index in [1.54, 1.807) is 12.1 Å². The molecule has 0 fully saturated rings. The number of rotatable bonds is 3. The molecule has 6 heteroatoms. The van der Waals surface area contributed by atoms with E-state index in [4.69, 9.17) is 4.74 Å². The van der Waals surface area contributed by atoms with E-state index in [9.17, 15) is 9.59 Å². The third-order valence-corrected chi connectivity index (χ3v) is 2.22. The lowest BCUT2D eigenvalue weighted by molar-refractivity contribution is 0.102. The van der Waals surface area contributed by atoms with Crippen molar-refractivity contribution in [2.75, 3.05) is 12.4 Å². The normalized spacial score (nSPS) is 9.83. The van der Waals surface area contributed by atoms with Gasteiger partial charge in [-0.25, -0.2) is 4.98 Å². The van der Waals surface area contributed by atoms with Crippen LogP contribution in [-0.2, 0) is 0 Å². The molecule has 1 amide bonds. The number of aromatic nitrogens is 2. The van der Waals surface area contributed by atoms with Gasteiger partial charge < -0.3 is 15.0 Å². The molecule has 18 heavy (non-hydrogen) atoms. The monoisotopic (exact) mass is 245 g/mol. The molecule has 2 aromatic rings. The Morgan fingerprint density at radius 2 is 2.17 bits per heavy atom.